The number of aromatic nitrogens is 1. The van der Waals surface area contributed by atoms with Gasteiger partial charge in [-0.05, 0) is 35.7 Å². The van der Waals surface area contributed by atoms with Crippen LogP contribution in [0.1, 0.15) is 15.4 Å². The number of nitrogens with one attached hydrogen (secondary N) is 1. The van der Waals surface area contributed by atoms with Gasteiger partial charge in [0.05, 0.1) is 17.0 Å². The van der Waals surface area contributed by atoms with Crippen LogP contribution in [-0.2, 0) is 11.2 Å². The van der Waals surface area contributed by atoms with Crippen molar-refractivity contribution in [1.29, 1.82) is 0 Å². The lowest BCUT2D eigenvalue weighted by atomic mass is 10.3. The Balaban J connectivity index is 1.62. The number of rotatable bonds is 5. The van der Waals surface area contributed by atoms with E-state index in [0.29, 0.717) is 26.4 Å². The molecule has 0 aliphatic heterocycles. The minimum atomic E-state index is -0.175. The predicted molar refractivity (Wildman–Crippen MR) is 103 cm³/mol. The fourth-order valence-corrected chi connectivity index (χ4v) is 3.70. The van der Waals surface area contributed by atoms with Crippen LogP contribution in [0.2, 0.25) is 5.02 Å². The first-order valence-electron chi connectivity index (χ1n) is 7.34. The van der Waals surface area contributed by atoms with E-state index in [1.165, 1.54) is 27.6 Å². The van der Waals surface area contributed by atoms with Gasteiger partial charge < -0.3 is 5.32 Å². The van der Waals surface area contributed by atoms with Gasteiger partial charge in [-0.15, -0.1) is 22.7 Å². The van der Waals surface area contributed by atoms with E-state index in [0.717, 1.165) is 0 Å². The Morgan fingerprint density at radius 1 is 1.20 bits per heavy atom. The lowest BCUT2D eigenvalue weighted by molar-refractivity contribution is -0.115. The van der Waals surface area contributed by atoms with E-state index in [4.69, 9.17) is 11.6 Å². The van der Waals surface area contributed by atoms with Gasteiger partial charge in [0.15, 0.2) is 5.13 Å². The molecule has 2 aromatic heterocycles. The molecule has 0 radical (unpaired) electrons. The zero-order valence-corrected chi connectivity index (χ0v) is 15.6. The van der Waals surface area contributed by atoms with Crippen LogP contribution in [0, 0.1) is 0 Å². The van der Waals surface area contributed by atoms with E-state index in [1.54, 1.807) is 42.8 Å². The number of halogens is 1. The third-order valence-corrected chi connectivity index (χ3v) is 5.41. The summed E-state index contributed by atoms with van der Waals surface area (Å²) in [5, 5.41) is 7.61. The molecule has 0 atom stereocenters. The van der Waals surface area contributed by atoms with Gasteiger partial charge in [-0.2, -0.15) is 0 Å². The van der Waals surface area contributed by atoms with Crippen LogP contribution in [0.15, 0.2) is 47.2 Å². The lowest BCUT2D eigenvalue weighted by Gasteiger charge is -2.12. The highest BCUT2D eigenvalue weighted by atomic mass is 35.5. The van der Waals surface area contributed by atoms with Gasteiger partial charge in [-0.1, -0.05) is 17.7 Å². The van der Waals surface area contributed by atoms with E-state index in [9.17, 15) is 9.59 Å². The molecule has 0 spiro atoms. The standard InChI is InChI=1S/C17H14ClN3O2S2/c1-21(16(23)14-3-2-8-24-14)17-20-13(10-25-17)9-15(22)19-12-6-4-11(18)5-7-12/h2-8,10H,9H2,1H3,(H,19,22). The van der Waals surface area contributed by atoms with E-state index < -0.39 is 0 Å². The smallest absolute Gasteiger partial charge is 0.269 e. The van der Waals surface area contributed by atoms with Gasteiger partial charge in [0.1, 0.15) is 0 Å². The fourth-order valence-electron chi connectivity index (χ4n) is 2.09. The Kier molecular flexibility index (Phi) is 5.47. The first-order valence-corrected chi connectivity index (χ1v) is 9.48. The van der Waals surface area contributed by atoms with Crippen LogP contribution in [0.3, 0.4) is 0 Å². The Morgan fingerprint density at radius 2 is 1.96 bits per heavy atom. The predicted octanol–water partition coefficient (Wildman–Crippen LogP) is 4.32. The molecule has 1 N–H and O–H groups in total. The molecule has 0 saturated carbocycles. The fraction of sp³-hybridized carbons (Fsp3) is 0.118. The molecule has 0 aliphatic carbocycles. The molecular weight excluding hydrogens is 378 g/mol. The molecule has 2 amide bonds. The molecule has 3 rings (SSSR count). The number of thiophene rings is 1. The van der Waals surface area contributed by atoms with E-state index in [1.807, 2.05) is 11.4 Å². The van der Waals surface area contributed by atoms with Gasteiger partial charge in [0.2, 0.25) is 5.91 Å². The molecule has 128 valence electrons. The second-order valence-corrected chi connectivity index (χ2v) is 7.42. The maximum Gasteiger partial charge on any atom is 0.269 e. The molecule has 5 nitrogen and oxygen atoms in total. The van der Waals surface area contributed by atoms with Gasteiger partial charge in [0.25, 0.3) is 5.91 Å². The summed E-state index contributed by atoms with van der Waals surface area (Å²) in [5.74, 6) is -0.284. The number of hydrogen-bond donors (Lipinski definition) is 1. The number of amides is 2. The van der Waals surface area contributed by atoms with Crippen molar-refractivity contribution in [2.45, 2.75) is 6.42 Å². The van der Waals surface area contributed by atoms with Crippen molar-refractivity contribution in [2.24, 2.45) is 0 Å². The summed E-state index contributed by atoms with van der Waals surface area (Å²) in [6.45, 7) is 0. The van der Waals surface area contributed by atoms with Crippen molar-refractivity contribution < 1.29 is 9.59 Å². The van der Waals surface area contributed by atoms with Gasteiger partial charge in [-0.3, -0.25) is 14.5 Å². The molecule has 0 unspecified atom stereocenters. The van der Waals surface area contributed by atoms with E-state index >= 15 is 0 Å². The molecule has 8 heteroatoms. The first kappa shape index (κ1) is 17.6. The van der Waals surface area contributed by atoms with Crippen molar-refractivity contribution in [3.05, 3.63) is 62.8 Å². The number of anilines is 2. The molecule has 0 bridgehead atoms. The summed E-state index contributed by atoms with van der Waals surface area (Å²) in [6, 6.07) is 10.5. The summed E-state index contributed by atoms with van der Waals surface area (Å²) < 4.78 is 0. The largest absolute Gasteiger partial charge is 0.326 e. The highest BCUT2D eigenvalue weighted by Crippen LogP contribution is 2.23. The lowest BCUT2D eigenvalue weighted by Crippen LogP contribution is -2.25. The molecule has 0 aliphatic rings. The molecule has 0 saturated heterocycles. The summed E-state index contributed by atoms with van der Waals surface area (Å²) in [6.07, 6.45) is 0.139. The first-order chi connectivity index (χ1) is 12.0. The molecule has 0 fully saturated rings. The highest BCUT2D eigenvalue weighted by molar-refractivity contribution is 7.14. The second kappa shape index (κ2) is 7.77. The van der Waals surface area contributed by atoms with Crippen molar-refractivity contribution in [3.63, 3.8) is 0 Å². The van der Waals surface area contributed by atoms with Gasteiger partial charge >= 0.3 is 0 Å². The molecule has 25 heavy (non-hydrogen) atoms. The highest BCUT2D eigenvalue weighted by Gasteiger charge is 2.18. The summed E-state index contributed by atoms with van der Waals surface area (Å²) in [4.78, 5) is 31.0. The van der Waals surface area contributed by atoms with Crippen LogP contribution in [0.5, 0.6) is 0 Å². The zero-order chi connectivity index (χ0) is 17.8. The number of carbonyl (C=O) groups excluding carboxylic acids is 2. The van der Waals surface area contributed by atoms with Crippen molar-refractivity contribution in [2.75, 3.05) is 17.3 Å². The molecular formula is C17H14ClN3O2S2. The Bertz CT molecular complexity index is 876. The van der Waals surface area contributed by atoms with Crippen LogP contribution >= 0.6 is 34.3 Å². The summed E-state index contributed by atoms with van der Waals surface area (Å²) in [5.41, 5.74) is 1.30. The topological polar surface area (TPSA) is 62.3 Å². The van der Waals surface area contributed by atoms with Crippen molar-refractivity contribution in [3.8, 4) is 0 Å². The maximum absolute atomic E-state index is 12.3. The monoisotopic (exact) mass is 391 g/mol. The number of benzene rings is 1. The van der Waals surface area contributed by atoms with Crippen LogP contribution < -0.4 is 10.2 Å². The normalized spacial score (nSPS) is 10.5. The molecule has 2 heterocycles. The van der Waals surface area contributed by atoms with E-state index in [-0.39, 0.29) is 18.2 Å². The van der Waals surface area contributed by atoms with Gasteiger partial charge in [0, 0.05) is 23.1 Å². The average molecular weight is 392 g/mol. The van der Waals surface area contributed by atoms with Gasteiger partial charge in [-0.25, -0.2) is 4.98 Å². The summed E-state index contributed by atoms with van der Waals surface area (Å²) >= 11 is 8.54. The third kappa shape index (κ3) is 4.45. The SMILES string of the molecule is CN(C(=O)c1cccs1)c1nc(CC(=O)Nc2ccc(Cl)cc2)cs1. The van der Waals surface area contributed by atoms with Crippen LogP contribution in [0.4, 0.5) is 10.8 Å². The number of nitrogens with zero attached hydrogens (tertiary/aromatic N) is 2. The number of thiazole rings is 1. The van der Waals surface area contributed by atoms with Crippen molar-refractivity contribution >= 4 is 56.9 Å². The van der Waals surface area contributed by atoms with Crippen LogP contribution in [-0.4, -0.2) is 23.8 Å². The quantitative estimate of drug-likeness (QED) is 0.704. The zero-order valence-electron chi connectivity index (χ0n) is 13.2. The minimum absolute atomic E-state index is 0.110. The second-order valence-electron chi connectivity index (χ2n) is 5.19. The molecule has 3 aromatic rings. The van der Waals surface area contributed by atoms with Crippen LogP contribution in [0.25, 0.3) is 0 Å². The van der Waals surface area contributed by atoms with Crippen molar-refractivity contribution in [1.82, 2.24) is 4.98 Å². The Labute approximate surface area is 157 Å². The Morgan fingerprint density at radius 3 is 2.64 bits per heavy atom. The number of carbonyl (C=O) groups is 2. The third-order valence-electron chi connectivity index (χ3n) is 3.33. The average Bonchev–Trinajstić information content (AvgIpc) is 3.27. The maximum atomic E-state index is 12.3. The summed E-state index contributed by atoms with van der Waals surface area (Å²) in [7, 11) is 1.68. The van der Waals surface area contributed by atoms with E-state index in [2.05, 4.69) is 10.3 Å². The minimum Gasteiger partial charge on any atom is -0.326 e. The molecule has 1 aromatic carbocycles. The Hall–Kier alpha value is -2.22. The number of hydrogen-bond acceptors (Lipinski definition) is 5.